The maximum absolute atomic E-state index is 11.9. The van der Waals surface area contributed by atoms with Gasteiger partial charge in [-0.05, 0) is 57.6 Å². The molecule has 120 valence electrons. The van der Waals surface area contributed by atoms with Crippen LogP contribution in [-0.4, -0.2) is 26.6 Å². The molecule has 0 saturated carbocycles. The van der Waals surface area contributed by atoms with E-state index in [1.165, 1.54) is 0 Å². The molecule has 0 aromatic carbocycles. The summed E-state index contributed by atoms with van der Waals surface area (Å²) in [5, 5.41) is 9.13. The Bertz CT molecular complexity index is 561. The van der Waals surface area contributed by atoms with E-state index in [0.717, 1.165) is 24.8 Å². The molecule has 5 heteroatoms. The lowest BCUT2D eigenvalue weighted by Crippen LogP contribution is -2.25. The van der Waals surface area contributed by atoms with Crippen LogP contribution in [0, 0.1) is 5.92 Å². The first-order valence-corrected chi connectivity index (χ1v) is 7.71. The minimum absolute atomic E-state index is 0.0793. The van der Waals surface area contributed by atoms with Gasteiger partial charge in [0.25, 0.3) is 0 Å². The number of allylic oxidation sites excluding steroid dienone is 2. The standard InChI is InChI=1S/C17H24N2O3/c1-17(2,3)22-15(21)10-12-4-6-13(7-5-12)16-18-9-8-14(11-20)19-16/h6,8-9,12,20H,4-5,7,10-11H2,1-3H3. The van der Waals surface area contributed by atoms with Gasteiger partial charge in [-0.2, -0.15) is 0 Å². The maximum Gasteiger partial charge on any atom is 0.306 e. The summed E-state index contributed by atoms with van der Waals surface area (Å²) in [6.45, 7) is 5.57. The molecule has 0 fully saturated rings. The highest BCUT2D eigenvalue weighted by Crippen LogP contribution is 2.31. The number of ether oxygens (including phenoxy) is 1. The van der Waals surface area contributed by atoms with Crippen molar-refractivity contribution in [2.24, 2.45) is 5.92 Å². The van der Waals surface area contributed by atoms with Gasteiger partial charge in [0.15, 0.2) is 5.82 Å². The first kappa shape index (κ1) is 16.6. The molecule has 0 aliphatic heterocycles. The third kappa shape index (κ3) is 4.91. The molecular weight excluding hydrogens is 280 g/mol. The molecule has 1 aromatic heterocycles. The van der Waals surface area contributed by atoms with Gasteiger partial charge in [0.2, 0.25) is 0 Å². The summed E-state index contributed by atoms with van der Waals surface area (Å²) in [6, 6.07) is 1.71. The Morgan fingerprint density at radius 2 is 2.23 bits per heavy atom. The molecule has 0 spiro atoms. The number of carbonyl (C=O) groups excluding carboxylic acids is 1. The first-order chi connectivity index (χ1) is 10.4. The SMILES string of the molecule is CC(C)(C)OC(=O)CC1CC=C(c2nccc(CO)n2)CC1. The quantitative estimate of drug-likeness (QED) is 0.866. The zero-order valence-electron chi connectivity index (χ0n) is 13.5. The highest BCUT2D eigenvalue weighted by molar-refractivity contribution is 5.70. The smallest absolute Gasteiger partial charge is 0.306 e. The van der Waals surface area contributed by atoms with Gasteiger partial charge >= 0.3 is 5.97 Å². The van der Waals surface area contributed by atoms with Crippen molar-refractivity contribution in [3.8, 4) is 0 Å². The second kappa shape index (κ2) is 7.01. The Labute approximate surface area is 131 Å². The van der Waals surface area contributed by atoms with Crippen LogP contribution in [0.15, 0.2) is 18.3 Å². The summed E-state index contributed by atoms with van der Waals surface area (Å²) in [6.07, 6.45) is 6.84. The molecule has 0 saturated heterocycles. The second-order valence-electron chi connectivity index (χ2n) is 6.69. The minimum Gasteiger partial charge on any atom is -0.460 e. The molecule has 0 radical (unpaired) electrons. The molecule has 0 amide bonds. The molecule has 1 aromatic rings. The summed E-state index contributed by atoms with van der Waals surface area (Å²) in [5.41, 5.74) is 1.29. The zero-order valence-corrected chi connectivity index (χ0v) is 13.5. The Morgan fingerprint density at radius 1 is 1.45 bits per heavy atom. The Morgan fingerprint density at radius 3 is 2.82 bits per heavy atom. The van der Waals surface area contributed by atoms with Crippen molar-refractivity contribution in [2.75, 3.05) is 0 Å². The summed E-state index contributed by atoms with van der Waals surface area (Å²) in [4.78, 5) is 20.5. The summed E-state index contributed by atoms with van der Waals surface area (Å²) in [7, 11) is 0. The molecule has 1 heterocycles. The monoisotopic (exact) mass is 304 g/mol. The average Bonchev–Trinajstić information content (AvgIpc) is 2.46. The van der Waals surface area contributed by atoms with Crippen molar-refractivity contribution >= 4 is 11.5 Å². The number of aromatic nitrogens is 2. The topological polar surface area (TPSA) is 72.3 Å². The van der Waals surface area contributed by atoms with Crippen LogP contribution in [0.5, 0.6) is 0 Å². The van der Waals surface area contributed by atoms with Gasteiger partial charge in [0.1, 0.15) is 5.60 Å². The van der Waals surface area contributed by atoms with Crippen molar-refractivity contribution in [1.82, 2.24) is 9.97 Å². The number of esters is 1. The fraction of sp³-hybridized carbons (Fsp3) is 0.588. The number of rotatable bonds is 4. The van der Waals surface area contributed by atoms with E-state index in [0.29, 0.717) is 23.9 Å². The average molecular weight is 304 g/mol. The molecular formula is C17H24N2O3. The van der Waals surface area contributed by atoms with E-state index >= 15 is 0 Å². The minimum atomic E-state index is -0.425. The van der Waals surface area contributed by atoms with Gasteiger partial charge in [-0.3, -0.25) is 4.79 Å². The highest BCUT2D eigenvalue weighted by atomic mass is 16.6. The van der Waals surface area contributed by atoms with Crippen LogP contribution >= 0.6 is 0 Å². The zero-order chi connectivity index (χ0) is 16.2. The normalized spacial score (nSPS) is 18.7. The van der Waals surface area contributed by atoms with Crippen molar-refractivity contribution in [3.05, 3.63) is 29.9 Å². The fourth-order valence-electron chi connectivity index (χ4n) is 2.53. The lowest BCUT2D eigenvalue weighted by atomic mass is 9.87. The molecule has 5 nitrogen and oxygen atoms in total. The highest BCUT2D eigenvalue weighted by Gasteiger charge is 2.23. The van der Waals surface area contributed by atoms with Gasteiger partial charge in [0, 0.05) is 12.6 Å². The van der Waals surface area contributed by atoms with Gasteiger partial charge in [-0.1, -0.05) is 6.08 Å². The molecule has 22 heavy (non-hydrogen) atoms. The van der Waals surface area contributed by atoms with Crippen LogP contribution in [0.4, 0.5) is 0 Å². The van der Waals surface area contributed by atoms with Crippen LogP contribution in [-0.2, 0) is 16.1 Å². The molecule has 1 atom stereocenters. The van der Waals surface area contributed by atoms with Gasteiger partial charge in [0.05, 0.1) is 12.3 Å². The molecule has 1 aliphatic rings. The summed E-state index contributed by atoms with van der Waals surface area (Å²) in [5.74, 6) is 0.870. The first-order valence-electron chi connectivity index (χ1n) is 7.71. The Kier molecular flexibility index (Phi) is 5.29. The number of aliphatic hydroxyl groups is 1. The van der Waals surface area contributed by atoms with E-state index in [9.17, 15) is 4.79 Å². The molecule has 2 rings (SSSR count). The third-order valence-corrected chi connectivity index (χ3v) is 3.56. The second-order valence-corrected chi connectivity index (χ2v) is 6.69. The predicted octanol–water partition coefficient (Wildman–Crippen LogP) is 2.88. The van der Waals surface area contributed by atoms with Crippen LogP contribution in [0.25, 0.3) is 5.57 Å². The fourth-order valence-corrected chi connectivity index (χ4v) is 2.53. The van der Waals surface area contributed by atoms with Crippen molar-refractivity contribution in [3.63, 3.8) is 0 Å². The van der Waals surface area contributed by atoms with E-state index in [4.69, 9.17) is 9.84 Å². The lowest BCUT2D eigenvalue weighted by Gasteiger charge is -2.24. The molecule has 1 unspecified atom stereocenters. The van der Waals surface area contributed by atoms with E-state index < -0.39 is 5.60 Å². The van der Waals surface area contributed by atoms with Crippen LogP contribution in [0.1, 0.15) is 58.0 Å². The third-order valence-electron chi connectivity index (χ3n) is 3.56. The van der Waals surface area contributed by atoms with Gasteiger partial charge in [-0.25, -0.2) is 9.97 Å². The van der Waals surface area contributed by atoms with E-state index in [-0.39, 0.29) is 12.6 Å². The molecule has 1 aliphatic carbocycles. The van der Waals surface area contributed by atoms with E-state index in [1.807, 2.05) is 20.8 Å². The lowest BCUT2D eigenvalue weighted by molar-refractivity contribution is -0.156. The Balaban J connectivity index is 1.93. The van der Waals surface area contributed by atoms with Crippen LogP contribution in [0.3, 0.4) is 0 Å². The van der Waals surface area contributed by atoms with E-state index in [1.54, 1.807) is 12.3 Å². The van der Waals surface area contributed by atoms with Gasteiger partial charge in [-0.15, -0.1) is 0 Å². The predicted molar refractivity (Wildman–Crippen MR) is 83.7 cm³/mol. The number of aliphatic hydroxyl groups excluding tert-OH is 1. The maximum atomic E-state index is 11.9. The van der Waals surface area contributed by atoms with Crippen molar-refractivity contribution in [1.29, 1.82) is 0 Å². The largest absolute Gasteiger partial charge is 0.460 e. The number of hydrogen-bond donors (Lipinski definition) is 1. The molecule has 1 N–H and O–H groups in total. The number of carbonyl (C=O) groups is 1. The van der Waals surface area contributed by atoms with Crippen LogP contribution < -0.4 is 0 Å². The summed E-state index contributed by atoms with van der Waals surface area (Å²) >= 11 is 0. The van der Waals surface area contributed by atoms with Crippen LogP contribution in [0.2, 0.25) is 0 Å². The Hall–Kier alpha value is -1.75. The molecule has 0 bridgehead atoms. The summed E-state index contributed by atoms with van der Waals surface area (Å²) < 4.78 is 5.37. The van der Waals surface area contributed by atoms with Crippen molar-refractivity contribution < 1.29 is 14.6 Å². The van der Waals surface area contributed by atoms with Crippen molar-refractivity contribution in [2.45, 2.75) is 58.7 Å². The van der Waals surface area contributed by atoms with Gasteiger partial charge < -0.3 is 9.84 Å². The number of hydrogen-bond acceptors (Lipinski definition) is 5. The van der Waals surface area contributed by atoms with E-state index in [2.05, 4.69) is 16.0 Å². The number of nitrogens with zero attached hydrogens (tertiary/aromatic N) is 2.